The minimum atomic E-state index is 0.183. The molecule has 0 amide bonds. The Morgan fingerprint density at radius 1 is 1.41 bits per heavy atom. The van der Waals surface area contributed by atoms with Gasteiger partial charge in [-0.3, -0.25) is 0 Å². The summed E-state index contributed by atoms with van der Waals surface area (Å²) in [5.74, 6) is 0.183. The van der Waals surface area contributed by atoms with E-state index in [0.717, 1.165) is 10.4 Å². The monoisotopic (exact) mass is 288 g/mol. The van der Waals surface area contributed by atoms with E-state index in [1.807, 2.05) is 6.92 Å². The number of phenols is 1. The predicted octanol–water partition coefficient (Wildman–Crippen LogP) is 4.08. The summed E-state index contributed by atoms with van der Waals surface area (Å²) in [6.45, 7) is 2.39. The highest BCUT2D eigenvalue weighted by atomic mass is 35.5. The fourth-order valence-electron chi connectivity index (χ4n) is 1.36. The van der Waals surface area contributed by atoms with Crippen molar-refractivity contribution >= 4 is 40.2 Å². The van der Waals surface area contributed by atoms with Crippen LogP contribution in [0.25, 0.3) is 0 Å². The van der Waals surface area contributed by atoms with Crippen molar-refractivity contribution in [1.82, 2.24) is 4.98 Å². The van der Waals surface area contributed by atoms with E-state index in [-0.39, 0.29) is 5.75 Å². The summed E-state index contributed by atoms with van der Waals surface area (Å²) in [6.07, 6.45) is 1.70. The lowest BCUT2D eigenvalue weighted by Crippen LogP contribution is -1.98. The van der Waals surface area contributed by atoms with E-state index >= 15 is 0 Å². The Balaban J connectivity index is 2.11. The molecule has 90 valence electrons. The summed E-state index contributed by atoms with van der Waals surface area (Å²) in [4.78, 5) is 4.93. The van der Waals surface area contributed by atoms with E-state index in [4.69, 9.17) is 23.2 Å². The number of hydrogen-bond acceptors (Lipinski definition) is 4. The minimum Gasteiger partial charge on any atom is -0.506 e. The first kappa shape index (κ1) is 12.5. The molecule has 0 spiro atoms. The smallest absolute Gasteiger partial charge is 0.183 e. The van der Waals surface area contributed by atoms with Crippen molar-refractivity contribution in [1.29, 1.82) is 0 Å². The number of hydrogen-bond donors (Lipinski definition) is 2. The Morgan fingerprint density at radius 2 is 2.18 bits per heavy atom. The zero-order chi connectivity index (χ0) is 12.4. The van der Waals surface area contributed by atoms with Gasteiger partial charge in [-0.05, 0) is 24.6 Å². The molecule has 0 fully saturated rings. The first-order chi connectivity index (χ1) is 8.06. The number of phenolic OH excluding ortho intramolecular Hbond substituents is 1. The Kier molecular flexibility index (Phi) is 3.76. The van der Waals surface area contributed by atoms with Gasteiger partial charge in [-0.25, -0.2) is 4.98 Å². The summed E-state index contributed by atoms with van der Waals surface area (Å²) in [5.41, 5.74) is 1.45. The van der Waals surface area contributed by atoms with Crippen LogP contribution in [0, 0.1) is 6.92 Å². The van der Waals surface area contributed by atoms with Gasteiger partial charge < -0.3 is 10.4 Å². The maximum Gasteiger partial charge on any atom is 0.183 e. The molecular weight excluding hydrogens is 279 g/mol. The Hall–Kier alpha value is -0.970. The van der Waals surface area contributed by atoms with Crippen molar-refractivity contribution < 1.29 is 5.11 Å². The highest BCUT2D eigenvalue weighted by Crippen LogP contribution is 2.30. The van der Waals surface area contributed by atoms with E-state index in [2.05, 4.69) is 10.3 Å². The van der Waals surface area contributed by atoms with E-state index in [1.165, 1.54) is 11.3 Å². The molecule has 1 aromatic carbocycles. The summed E-state index contributed by atoms with van der Waals surface area (Å²) >= 11 is 13.1. The Bertz CT molecular complexity index is 542. The molecule has 6 heteroatoms. The van der Waals surface area contributed by atoms with Gasteiger partial charge in [0, 0.05) is 16.1 Å². The van der Waals surface area contributed by atoms with Crippen LogP contribution < -0.4 is 5.32 Å². The van der Waals surface area contributed by atoms with E-state index in [1.54, 1.807) is 18.3 Å². The number of halogens is 2. The van der Waals surface area contributed by atoms with Gasteiger partial charge in [0.05, 0.1) is 12.2 Å². The Labute approximate surface area is 113 Å². The average Bonchev–Trinajstić information content (AvgIpc) is 2.68. The number of aromatic nitrogens is 1. The van der Waals surface area contributed by atoms with Gasteiger partial charge in [0.15, 0.2) is 4.47 Å². The van der Waals surface area contributed by atoms with Crippen LogP contribution in [0.15, 0.2) is 18.3 Å². The van der Waals surface area contributed by atoms with Crippen LogP contribution >= 0.6 is 34.5 Å². The quantitative estimate of drug-likeness (QED) is 0.837. The molecule has 17 heavy (non-hydrogen) atoms. The molecule has 0 radical (unpaired) electrons. The van der Waals surface area contributed by atoms with Gasteiger partial charge in [-0.1, -0.05) is 23.2 Å². The topological polar surface area (TPSA) is 45.1 Å². The van der Waals surface area contributed by atoms with Crippen LogP contribution in [0.3, 0.4) is 0 Å². The second-order valence-corrected chi connectivity index (χ2v) is 5.66. The van der Waals surface area contributed by atoms with Crippen LogP contribution in [0.2, 0.25) is 9.49 Å². The summed E-state index contributed by atoms with van der Waals surface area (Å²) in [6, 6.07) is 3.33. The lowest BCUT2D eigenvalue weighted by molar-refractivity contribution is 0.477. The van der Waals surface area contributed by atoms with Gasteiger partial charge >= 0.3 is 0 Å². The van der Waals surface area contributed by atoms with E-state index in [9.17, 15) is 5.11 Å². The molecule has 2 rings (SSSR count). The molecule has 1 aromatic heterocycles. The third-order valence-electron chi connectivity index (χ3n) is 2.26. The third-order valence-corrected chi connectivity index (χ3v) is 3.78. The van der Waals surface area contributed by atoms with Crippen LogP contribution in [-0.2, 0) is 6.54 Å². The standard InChI is InChI=1S/C11H10Cl2N2OS/c1-6-2-10(16)9(3-8(6)12)14-4-7-5-15-11(13)17-7/h2-3,5,14,16H,4H2,1H3. The first-order valence-electron chi connectivity index (χ1n) is 4.89. The molecule has 0 saturated carbocycles. The van der Waals surface area contributed by atoms with Gasteiger partial charge in [0.25, 0.3) is 0 Å². The number of nitrogens with zero attached hydrogens (tertiary/aromatic N) is 1. The van der Waals surface area contributed by atoms with Crippen LogP contribution in [0.4, 0.5) is 5.69 Å². The predicted molar refractivity (Wildman–Crippen MR) is 72.3 cm³/mol. The van der Waals surface area contributed by atoms with Gasteiger partial charge in [-0.2, -0.15) is 0 Å². The molecule has 0 aliphatic rings. The Morgan fingerprint density at radius 3 is 2.82 bits per heavy atom. The summed E-state index contributed by atoms with van der Waals surface area (Å²) < 4.78 is 0.507. The molecule has 3 nitrogen and oxygen atoms in total. The zero-order valence-corrected chi connectivity index (χ0v) is 11.3. The van der Waals surface area contributed by atoms with Crippen molar-refractivity contribution in [3.63, 3.8) is 0 Å². The number of thiazole rings is 1. The van der Waals surface area contributed by atoms with Crippen LogP contribution in [0.5, 0.6) is 5.75 Å². The van der Waals surface area contributed by atoms with Gasteiger partial charge in [-0.15, -0.1) is 11.3 Å². The normalized spacial score (nSPS) is 10.5. The van der Waals surface area contributed by atoms with Crippen molar-refractivity contribution in [2.75, 3.05) is 5.32 Å². The highest BCUT2D eigenvalue weighted by molar-refractivity contribution is 7.15. The molecule has 0 aliphatic carbocycles. The maximum atomic E-state index is 9.74. The zero-order valence-electron chi connectivity index (χ0n) is 9.00. The second-order valence-electron chi connectivity index (χ2n) is 3.55. The number of rotatable bonds is 3. The fraction of sp³-hybridized carbons (Fsp3) is 0.182. The maximum absolute atomic E-state index is 9.74. The summed E-state index contributed by atoms with van der Waals surface area (Å²) in [5, 5.41) is 13.4. The van der Waals surface area contributed by atoms with Crippen molar-refractivity contribution in [2.45, 2.75) is 13.5 Å². The first-order valence-corrected chi connectivity index (χ1v) is 6.46. The van der Waals surface area contributed by atoms with Crippen molar-refractivity contribution in [2.24, 2.45) is 0 Å². The highest BCUT2D eigenvalue weighted by Gasteiger charge is 2.06. The molecule has 0 aliphatic heterocycles. The van der Waals surface area contributed by atoms with Crippen LogP contribution in [-0.4, -0.2) is 10.1 Å². The van der Waals surface area contributed by atoms with Gasteiger partial charge in [0.2, 0.25) is 0 Å². The molecular formula is C11H10Cl2N2OS. The molecule has 0 atom stereocenters. The van der Waals surface area contributed by atoms with E-state index < -0.39 is 0 Å². The number of benzene rings is 1. The molecule has 2 N–H and O–H groups in total. The largest absolute Gasteiger partial charge is 0.506 e. The van der Waals surface area contributed by atoms with Crippen molar-refractivity contribution in [3.8, 4) is 5.75 Å². The second kappa shape index (κ2) is 5.12. The molecule has 1 heterocycles. The minimum absolute atomic E-state index is 0.183. The number of nitrogens with one attached hydrogen (secondary N) is 1. The SMILES string of the molecule is Cc1cc(O)c(NCc2cnc(Cl)s2)cc1Cl. The number of anilines is 1. The third kappa shape index (κ3) is 3.03. The lowest BCUT2D eigenvalue weighted by atomic mass is 10.2. The number of aryl methyl sites for hydroxylation is 1. The molecule has 2 aromatic rings. The fourth-order valence-corrected chi connectivity index (χ4v) is 2.44. The molecule has 0 bridgehead atoms. The molecule has 0 saturated heterocycles. The van der Waals surface area contributed by atoms with E-state index in [0.29, 0.717) is 21.7 Å². The average molecular weight is 289 g/mol. The lowest BCUT2D eigenvalue weighted by Gasteiger charge is -2.09. The van der Waals surface area contributed by atoms with Crippen LogP contribution in [0.1, 0.15) is 10.4 Å². The number of aromatic hydroxyl groups is 1. The van der Waals surface area contributed by atoms with Crippen molar-refractivity contribution in [3.05, 3.63) is 38.3 Å². The van der Waals surface area contributed by atoms with Gasteiger partial charge in [0.1, 0.15) is 5.75 Å². The summed E-state index contributed by atoms with van der Waals surface area (Å²) in [7, 11) is 0. The molecule has 0 unspecified atom stereocenters.